The molecule has 4 nitrogen and oxygen atoms in total. The maximum absolute atomic E-state index is 13.3. The Labute approximate surface area is 158 Å². The second-order valence-corrected chi connectivity index (χ2v) is 8.07. The zero-order valence-electron chi connectivity index (χ0n) is 13.4. The lowest BCUT2D eigenvalue weighted by atomic mass is 10.1. The molecule has 1 N–H and O–H groups in total. The van der Waals surface area contributed by atoms with Crippen molar-refractivity contribution < 1.29 is 12.8 Å². The van der Waals surface area contributed by atoms with E-state index in [4.69, 9.17) is 11.6 Å². The predicted octanol–water partition coefficient (Wildman–Crippen LogP) is 3.38. The van der Waals surface area contributed by atoms with E-state index in [0.29, 0.717) is 30.2 Å². The number of benzene rings is 2. The highest BCUT2D eigenvalue weighted by Crippen LogP contribution is 2.31. The van der Waals surface area contributed by atoms with E-state index in [1.165, 1.54) is 22.5 Å². The van der Waals surface area contributed by atoms with E-state index in [9.17, 15) is 12.8 Å². The number of rotatable bonds is 4. The fourth-order valence-corrected chi connectivity index (χ4v) is 4.92. The number of hydrogen-bond acceptors (Lipinski definition) is 3. The van der Waals surface area contributed by atoms with E-state index in [0.717, 1.165) is 5.56 Å². The first-order valence-electron chi connectivity index (χ1n) is 7.66. The van der Waals surface area contributed by atoms with Gasteiger partial charge in [-0.2, -0.15) is 4.31 Å². The van der Waals surface area contributed by atoms with E-state index < -0.39 is 15.8 Å². The summed E-state index contributed by atoms with van der Waals surface area (Å²) in [5.41, 5.74) is 1.21. The zero-order chi connectivity index (χ0) is 17.2. The second-order valence-electron chi connectivity index (χ2n) is 5.74. The molecule has 1 unspecified atom stereocenters. The van der Waals surface area contributed by atoms with E-state index in [1.54, 1.807) is 12.1 Å². The average Bonchev–Trinajstić information content (AvgIpc) is 2.55. The molecule has 0 bridgehead atoms. The summed E-state index contributed by atoms with van der Waals surface area (Å²) >= 11 is 6.26. The van der Waals surface area contributed by atoms with Crippen LogP contribution >= 0.6 is 24.0 Å². The smallest absolute Gasteiger partial charge is 0.218 e. The van der Waals surface area contributed by atoms with Gasteiger partial charge in [-0.25, -0.2) is 12.8 Å². The number of halogens is 3. The molecule has 0 radical (unpaired) electrons. The minimum atomic E-state index is -3.60. The van der Waals surface area contributed by atoms with Gasteiger partial charge in [-0.1, -0.05) is 41.9 Å². The van der Waals surface area contributed by atoms with Crippen molar-refractivity contribution in [1.29, 1.82) is 0 Å². The molecule has 3 rings (SSSR count). The average molecular weight is 405 g/mol. The molecule has 136 valence electrons. The molecule has 0 saturated carbocycles. The third-order valence-electron chi connectivity index (χ3n) is 4.05. The highest BCUT2D eigenvalue weighted by molar-refractivity contribution is 7.88. The summed E-state index contributed by atoms with van der Waals surface area (Å²) in [6.45, 7) is 1.42. The second kappa shape index (κ2) is 8.47. The molecule has 25 heavy (non-hydrogen) atoms. The molecule has 1 aliphatic heterocycles. The minimum Gasteiger partial charge on any atom is -0.313 e. The molecule has 0 spiro atoms. The summed E-state index contributed by atoms with van der Waals surface area (Å²) in [6, 6.07) is 12.6. The zero-order valence-corrected chi connectivity index (χ0v) is 15.7. The van der Waals surface area contributed by atoms with Crippen LogP contribution in [0.5, 0.6) is 0 Å². The molecule has 8 heteroatoms. The maximum atomic E-state index is 13.3. The molecule has 1 aliphatic rings. The van der Waals surface area contributed by atoms with Crippen molar-refractivity contribution in [3.63, 3.8) is 0 Å². The van der Waals surface area contributed by atoms with Gasteiger partial charge in [-0.15, -0.1) is 12.4 Å². The molecule has 2 aromatic rings. The van der Waals surface area contributed by atoms with E-state index in [-0.39, 0.29) is 24.2 Å². The van der Waals surface area contributed by atoms with Crippen LogP contribution in [0.1, 0.15) is 17.2 Å². The summed E-state index contributed by atoms with van der Waals surface area (Å²) in [6.07, 6.45) is 0. The number of sulfonamides is 1. The Bertz CT molecular complexity index is 833. The standard InChI is InChI=1S/C17H18ClFN2O2S.ClH/c18-16-7-2-1-6-15(16)17-11-20-8-9-21(17)24(22,23)12-13-4-3-5-14(19)10-13;/h1-7,10,17,20H,8-9,11-12H2;1H. The van der Waals surface area contributed by atoms with Crippen molar-refractivity contribution in [2.45, 2.75) is 11.8 Å². The minimum absolute atomic E-state index is 0. The topological polar surface area (TPSA) is 49.4 Å². The first kappa shape index (κ1) is 20.1. The fraction of sp³-hybridized carbons (Fsp3) is 0.294. The van der Waals surface area contributed by atoms with Crippen LogP contribution in [0.2, 0.25) is 5.02 Å². The summed E-state index contributed by atoms with van der Waals surface area (Å²) < 4.78 is 40.6. The molecule has 2 aromatic carbocycles. The van der Waals surface area contributed by atoms with Crippen molar-refractivity contribution in [3.8, 4) is 0 Å². The molecule has 1 saturated heterocycles. The molecule has 0 aliphatic carbocycles. The predicted molar refractivity (Wildman–Crippen MR) is 100 cm³/mol. The van der Waals surface area contributed by atoms with Crippen LogP contribution < -0.4 is 5.32 Å². The lowest BCUT2D eigenvalue weighted by molar-refractivity contribution is 0.271. The van der Waals surface area contributed by atoms with Crippen LogP contribution in [0.15, 0.2) is 48.5 Å². The van der Waals surface area contributed by atoms with Crippen LogP contribution in [0.3, 0.4) is 0 Å². The van der Waals surface area contributed by atoms with Gasteiger partial charge in [-0.3, -0.25) is 0 Å². The summed E-state index contributed by atoms with van der Waals surface area (Å²) in [7, 11) is -3.60. The largest absolute Gasteiger partial charge is 0.313 e. The fourth-order valence-electron chi connectivity index (χ4n) is 2.95. The molecule has 1 fully saturated rings. The highest BCUT2D eigenvalue weighted by atomic mass is 35.5. The summed E-state index contributed by atoms with van der Waals surface area (Å²) in [4.78, 5) is 0. The summed E-state index contributed by atoms with van der Waals surface area (Å²) in [5, 5.41) is 3.75. The molecule has 1 heterocycles. The Morgan fingerprint density at radius 3 is 2.68 bits per heavy atom. The lowest BCUT2D eigenvalue weighted by Gasteiger charge is -2.36. The van der Waals surface area contributed by atoms with Gasteiger partial charge in [0.15, 0.2) is 0 Å². The van der Waals surface area contributed by atoms with Crippen LogP contribution in [0.4, 0.5) is 4.39 Å². The van der Waals surface area contributed by atoms with Gasteiger partial charge in [0.2, 0.25) is 10.0 Å². The van der Waals surface area contributed by atoms with Gasteiger partial charge in [0.25, 0.3) is 0 Å². The highest BCUT2D eigenvalue weighted by Gasteiger charge is 2.34. The molecular formula is C17H19Cl2FN2O2S. The third-order valence-corrected chi connectivity index (χ3v) is 6.25. The number of hydrogen-bond donors (Lipinski definition) is 1. The van der Waals surface area contributed by atoms with Gasteiger partial charge >= 0.3 is 0 Å². The quantitative estimate of drug-likeness (QED) is 0.849. The van der Waals surface area contributed by atoms with E-state index in [2.05, 4.69) is 5.32 Å². The first-order valence-corrected chi connectivity index (χ1v) is 9.65. The first-order chi connectivity index (χ1) is 11.5. The van der Waals surface area contributed by atoms with Gasteiger partial charge in [0, 0.05) is 24.7 Å². The Morgan fingerprint density at radius 1 is 1.20 bits per heavy atom. The Kier molecular flexibility index (Phi) is 6.82. The SMILES string of the molecule is Cl.O=S(=O)(Cc1cccc(F)c1)N1CCNCC1c1ccccc1Cl. The normalized spacial score (nSPS) is 18.6. The monoisotopic (exact) mass is 404 g/mol. The Hall–Kier alpha value is -1.18. The van der Waals surface area contributed by atoms with Crippen LogP contribution in [0, 0.1) is 5.82 Å². The maximum Gasteiger partial charge on any atom is 0.218 e. The molecular weight excluding hydrogens is 386 g/mol. The molecule has 1 atom stereocenters. The van der Waals surface area contributed by atoms with Crippen LogP contribution in [-0.4, -0.2) is 32.4 Å². The van der Waals surface area contributed by atoms with Gasteiger partial charge in [0.1, 0.15) is 5.82 Å². The number of piperazine rings is 1. The van der Waals surface area contributed by atoms with Gasteiger partial charge in [0.05, 0.1) is 11.8 Å². The third kappa shape index (κ3) is 4.71. The number of nitrogens with zero attached hydrogens (tertiary/aromatic N) is 1. The van der Waals surface area contributed by atoms with Gasteiger partial charge < -0.3 is 5.32 Å². The van der Waals surface area contributed by atoms with Crippen molar-refractivity contribution in [2.24, 2.45) is 0 Å². The van der Waals surface area contributed by atoms with Crippen molar-refractivity contribution in [1.82, 2.24) is 9.62 Å². The van der Waals surface area contributed by atoms with E-state index >= 15 is 0 Å². The Morgan fingerprint density at radius 2 is 1.96 bits per heavy atom. The molecule has 0 aromatic heterocycles. The van der Waals surface area contributed by atoms with Crippen LogP contribution in [-0.2, 0) is 15.8 Å². The van der Waals surface area contributed by atoms with Crippen molar-refractivity contribution in [2.75, 3.05) is 19.6 Å². The number of nitrogens with one attached hydrogen (secondary N) is 1. The summed E-state index contributed by atoms with van der Waals surface area (Å²) in [5.74, 6) is -0.670. The van der Waals surface area contributed by atoms with Crippen LogP contribution in [0.25, 0.3) is 0 Å². The van der Waals surface area contributed by atoms with E-state index in [1.807, 2.05) is 18.2 Å². The molecule has 0 amide bonds. The van der Waals surface area contributed by atoms with Crippen molar-refractivity contribution in [3.05, 3.63) is 70.5 Å². The lowest BCUT2D eigenvalue weighted by Crippen LogP contribution is -2.49. The Balaban J connectivity index is 0.00000225. The van der Waals surface area contributed by atoms with Gasteiger partial charge in [-0.05, 0) is 29.3 Å². The van der Waals surface area contributed by atoms with Crippen molar-refractivity contribution >= 4 is 34.0 Å².